The molecule has 5 heteroatoms. The first-order chi connectivity index (χ1) is 13.9. The van der Waals surface area contributed by atoms with Crippen molar-refractivity contribution in [2.75, 3.05) is 0 Å². The molecule has 0 aromatic carbocycles. The Balaban J connectivity index is 3.75. The fourth-order valence-corrected chi connectivity index (χ4v) is 4.93. The number of hydrogen-bond donors (Lipinski definition) is 2. The Morgan fingerprint density at radius 3 is 1.31 bits per heavy atom. The third kappa shape index (κ3) is 19.6. The lowest BCUT2D eigenvalue weighted by atomic mass is 10.0. The summed E-state index contributed by atoms with van der Waals surface area (Å²) in [7, 11) is -3.94. The summed E-state index contributed by atoms with van der Waals surface area (Å²) in [6.45, 7) is 4.40. The van der Waals surface area contributed by atoms with Crippen molar-refractivity contribution in [3.05, 3.63) is 0 Å². The van der Waals surface area contributed by atoms with Gasteiger partial charge in [0, 0.05) is 0 Å². The van der Waals surface area contributed by atoms with Crippen molar-refractivity contribution in [2.45, 2.75) is 154 Å². The van der Waals surface area contributed by atoms with E-state index in [0.717, 1.165) is 51.4 Å². The van der Waals surface area contributed by atoms with Crippen molar-refractivity contribution >= 4 is 10.1 Å². The molecule has 0 bridgehead atoms. The molecule has 0 fully saturated rings. The van der Waals surface area contributed by atoms with Crippen LogP contribution in [0.5, 0.6) is 0 Å². The summed E-state index contributed by atoms with van der Waals surface area (Å²) in [6.07, 6.45) is 21.0. The minimum absolute atomic E-state index is 0.217. The lowest BCUT2D eigenvalue weighted by Gasteiger charge is -2.14. The van der Waals surface area contributed by atoms with Gasteiger partial charge in [-0.25, -0.2) is 0 Å². The summed E-state index contributed by atoms with van der Waals surface area (Å²) in [5, 5.41) is 9.33. The molecule has 29 heavy (non-hydrogen) atoms. The smallest absolute Gasteiger partial charge is 0.267 e. The average Bonchev–Trinajstić information content (AvgIpc) is 2.66. The van der Waals surface area contributed by atoms with E-state index in [1.807, 2.05) is 0 Å². The van der Waals surface area contributed by atoms with E-state index in [1.54, 1.807) is 0 Å². The van der Waals surface area contributed by atoms with Gasteiger partial charge < -0.3 is 5.11 Å². The monoisotopic (exact) mass is 434 g/mol. The van der Waals surface area contributed by atoms with E-state index in [0.29, 0.717) is 12.8 Å². The predicted molar refractivity (Wildman–Crippen MR) is 125 cm³/mol. The van der Waals surface area contributed by atoms with Gasteiger partial charge in [-0.1, -0.05) is 117 Å². The summed E-state index contributed by atoms with van der Waals surface area (Å²) in [6, 6.07) is 0. The molecule has 0 spiro atoms. The Morgan fingerprint density at radius 1 is 0.552 bits per heavy atom. The van der Waals surface area contributed by atoms with Gasteiger partial charge in [-0.3, -0.25) is 4.55 Å². The summed E-state index contributed by atoms with van der Waals surface area (Å²) in [5.41, 5.74) is 0. The maximum absolute atomic E-state index is 11.7. The molecule has 0 aliphatic heterocycles. The van der Waals surface area contributed by atoms with Crippen LogP contribution in [0.25, 0.3) is 0 Å². The summed E-state index contributed by atoms with van der Waals surface area (Å²) >= 11 is 0. The van der Waals surface area contributed by atoms with Crippen LogP contribution in [0.15, 0.2) is 0 Å². The van der Waals surface area contributed by atoms with E-state index in [-0.39, 0.29) is 6.10 Å². The van der Waals surface area contributed by atoms with Crippen molar-refractivity contribution in [3.63, 3.8) is 0 Å². The quantitative estimate of drug-likeness (QED) is 0.137. The second-order valence-electron chi connectivity index (χ2n) is 8.90. The van der Waals surface area contributed by atoms with Gasteiger partial charge in [0.15, 0.2) is 0 Å². The van der Waals surface area contributed by atoms with Gasteiger partial charge in [-0.15, -0.1) is 0 Å². The van der Waals surface area contributed by atoms with Crippen LogP contribution in [0.2, 0.25) is 0 Å². The number of aliphatic hydroxyl groups is 1. The molecule has 2 atom stereocenters. The molecule has 0 aromatic heterocycles. The van der Waals surface area contributed by atoms with E-state index >= 15 is 0 Å². The standard InChI is InChI=1S/C24H50O4S/c1-3-5-7-8-9-10-11-12-13-17-21-24(29(26,27)28)22-18-14-16-20-23(25)19-15-6-4-2/h23-25H,3-22H2,1-2H3,(H,26,27,28). The van der Waals surface area contributed by atoms with Crippen LogP contribution < -0.4 is 0 Å². The minimum Gasteiger partial charge on any atom is -0.393 e. The normalized spacial score (nSPS) is 14.2. The van der Waals surface area contributed by atoms with Crippen molar-refractivity contribution in [1.82, 2.24) is 0 Å². The van der Waals surface area contributed by atoms with Crippen molar-refractivity contribution in [3.8, 4) is 0 Å². The van der Waals surface area contributed by atoms with E-state index in [4.69, 9.17) is 0 Å². The first-order valence-corrected chi connectivity index (χ1v) is 14.1. The molecule has 0 saturated carbocycles. The van der Waals surface area contributed by atoms with Gasteiger partial charge in [0.2, 0.25) is 0 Å². The predicted octanol–water partition coefficient (Wildman–Crippen LogP) is 7.45. The highest BCUT2D eigenvalue weighted by atomic mass is 32.2. The Hall–Kier alpha value is -0.130. The third-order valence-electron chi connectivity index (χ3n) is 6.01. The number of unbranched alkanes of at least 4 members (excludes halogenated alkanes) is 13. The van der Waals surface area contributed by atoms with Gasteiger partial charge in [0.05, 0.1) is 11.4 Å². The second kappa shape index (κ2) is 19.8. The summed E-state index contributed by atoms with van der Waals surface area (Å²) in [4.78, 5) is 0. The zero-order valence-corrected chi connectivity index (χ0v) is 20.2. The van der Waals surface area contributed by atoms with E-state index in [1.165, 1.54) is 64.2 Å². The summed E-state index contributed by atoms with van der Waals surface area (Å²) < 4.78 is 32.8. The maximum atomic E-state index is 11.7. The third-order valence-corrected chi connectivity index (χ3v) is 7.32. The second-order valence-corrected chi connectivity index (χ2v) is 10.6. The molecular formula is C24H50O4S. The van der Waals surface area contributed by atoms with Gasteiger partial charge in [-0.2, -0.15) is 8.42 Å². The molecule has 176 valence electrons. The fraction of sp³-hybridized carbons (Fsp3) is 1.00. The molecule has 2 unspecified atom stereocenters. The first-order valence-electron chi connectivity index (χ1n) is 12.6. The first kappa shape index (κ1) is 28.9. The Kier molecular flexibility index (Phi) is 19.7. The highest BCUT2D eigenvalue weighted by molar-refractivity contribution is 7.86. The maximum Gasteiger partial charge on any atom is 0.267 e. The SMILES string of the molecule is CCCCCCCCCCCCC(CCCCCC(O)CCCCC)S(=O)(=O)O. The topological polar surface area (TPSA) is 74.6 Å². The molecule has 0 amide bonds. The number of aliphatic hydroxyl groups excluding tert-OH is 1. The summed E-state index contributed by atoms with van der Waals surface area (Å²) in [5.74, 6) is 0. The number of hydrogen-bond acceptors (Lipinski definition) is 3. The largest absolute Gasteiger partial charge is 0.393 e. The molecule has 0 heterocycles. The molecule has 2 N–H and O–H groups in total. The zero-order valence-electron chi connectivity index (χ0n) is 19.4. The highest BCUT2D eigenvalue weighted by Gasteiger charge is 2.21. The van der Waals surface area contributed by atoms with Crippen LogP contribution in [-0.2, 0) is 10.1 Å². The average molecular weight is 435 g/mol. The molecular weight excluding hydrogens is 384 g/mol. The Labute approximate surface area is 182 Å². The molecule has 0 rings (SSSR count). The number of rotatable bonds is 22. The van der Waals surface area contributed by atoms with Crippen LogP contribution in [0, 0.1) is 0 Å². The molecule has 0 aromatic rings. The van der Waals surface area contributed by atoms with Crippen LogP contribution >= 0.6 is 0 Å². The van der Waals surface area contributed by atoms with Crippen LogP contribution in [0.4, 0.5) is 0 Å². The molecule has 0 aliphatic rings. The van der Waals surface area contributed by atoms with Crippen LogP contribution in [0.3, 0.4) is 0 Å². The van der Waals surface area contributed by atoms with Gasteiger partial charge >= 0.3 is 0 Å². The van der Waals surface area contributed by atoms with E-state index in [9.17, 15) is 18.1 Å². The van der Waals surface area contributed by atoms with Crippen molar-refractivity contribution < 1.29 is 18.1 Å². The van der Waals surface area contributed by atoms with Gasteiger partial charge in [0.25, 0.3) is 10.1 Å². The van der Waals surface area contributed by atoms with Crippen LogP contribution in [0.1, 0.15) is 142 Å². The highest BCUT2D eigenvalue weighted by Crippen LogP contribution is 2.20. The van der Waals surface area contributed by atoms with Gasteiger partial charge in [0.1, 0.15) is 0 Å². The van der Waals surface area contributed by atoms with E-state index in [2.05, 4.69) is 13.8 Å². The Morgan fingerprint density at radius 2 is 0.862 bits per heavy atom. The fourth-order valence-electron chi connectivity index (χ4n) is 4.00. The minimum atomic E-state index is -3.94. The van der Waals surface area contributed by atoms with Crippen molar-refractivity contribution in [1.29, 1.82) is 0 Å². The lowest BCUT2D eigenvalue weighted by molar-refractivity contribution is 0.147. The van der Waals surface area contributed by atoms with Crippen molar-refractivity contribution in [2.24, 2.45) is 0 Å². The molecule has 0 radical (unpaired) electrons. The molecule has 4 nitrogen and oxygen atoms in total. The molecule has 0 saturated heterocycles. The lowest BCUT2D eigenvalue weighted by Crippen LogP contribution is -2.20. The molecule has 0 aliphatic carbocycles. The van der Waals surface area contributed by atoms with E-state index < -0.39 is 15.4 Å². The zero-order chi connectivity index (χ0) is 21.8. The Bertz CT molecular complexity index is 436. The van der Waals surface area contributed by atoms with Gasteiger partial charge in [-0.05, 0) is 25.7 Å². The van der Waals surface area contributed by atoms with Crippen LogP contribution in [-0.4, -0.2) is 29.4 Å².